The van der Waals surface area contributed by atoms with Crippen LogP contribution in [0.2, 0.25) is 0 Å². The van der Waals surface area contributed by atoms with Crippen LogP contribution in [0.5, 0.6) is 5.75 Å². The molecule has 6 nitrogen and oxygen atoms in total. The molecule has 6 heteroatoms. The number of nitrogens with one attached hydrogen (secondary N) is 1. The van der Waals surface area contributed by atoms with Gasteiger partial charge in [0.15, 0.2) is 6.61 Å². The first-order valence-corrected chi connectivity index (χ1v) is 8.57. The van der Waals surface area contributed by atoms with Crippen LogP contribution in [0.15, 0.2) is 18.2 Å². The van der Waals surface area contributed by atoms with E-state index in [0.29, 0.717) is 31.1 Å². The number of ether oxygens (including phenoxy) is 2. The lowest BCUT2D eigenvalue weighted by atomic mass is 10.0. The molecule has 1 saturated heterocycles. The average Bonchev–Trinajstić information content (AvgIpc) is 3.10. The topological polar surface area (TPSA) is 67.9 Å². The molecule has 1 aromatic rings. The Labute approximate surface area is 142 Å². The minimum Gasteiger partial charge on any atom is -0.484 e. The van der Waals surface area contributed by atoms with Gasteiger partial charge in [-0.25, -0.2) is 0 Å². The number of carbonyl (C=O) groups excluding carboxylic acids is 2. The largest absolute Gasteiger partial charge is 0.484 e. The van der Waals surface area contributed by atoms with Crippen LogP contribution in [0.1, 0.15) is 25.3 Å². The maximum absolute atomic E-state index is 12.4. The predicted molar refractivity (Wildman–Crippen MR) is 90.1 cm³/mol. The Balaban J connectivity index is 1.54. The van der Waals surface area contributed by atoms with E-state index in [-0.39, 0.29) is 18.4 Å². The highest BCUT2D eigenvalue weighted by molar-refractivity contribution is 5.94. The van der Waals surface area contributed by atoms with Crippen molar-refractivity contribution in [3.8, 4) is 5.75 Å². The highest BCUT2D eigenvalue weighted by Gasteiger charge is 2.22. The third-order valence-electron chi connectivity index (χ3n) is 4.57. The number of anilines is 1. The van der Waals surface area contributed by atoms with Gasteiger partial charge >= 0.3 is 0 Å². The van der Waals surface area contributed by atoms with Crippen LogP contribution in [0, 0.1) is 5.92 Å². The van der Waals surface area contributed by atoms with Crippen LogP contribution < -0.4 is 10.1 Å². The molecule has 2 heterocycles. The number of benzene rings is 1. The van der Waals surface area contributed by atoms with Crippen LogP contribution in [-0.4, -0.2) is 49.6 Å². The maximum atomic E-state index is 12.4. The Kier molecular flexibility index (Phi) is 5.35. The monoisotopic (exact) mass is 332 g/mol. The summed E-state index contributed by atoms with van der Waals surface area (Å²) in [6, 6.07) is 5.53. The molecule has 0 bridgehead atoms. The van der Waals surface area contributed by atoms with Crippen LogP contribution in [0.3, 0.4) is 0 Å². The Morgan fingerprint density at radius 2 is 2.29 bits per heavy atom. The van der Waals surface area contributed by atoms with E-state index in [0.717, 1.165) is 37.4 Å². The zero-order valence-corrected chi connectivity index (χ0v) is 14.0. The van der Waals surface area contributed by atoms with Gasteiger partial charge in [0.25, 0.3) is 5.91 Å². The average molecular weight is 332 g/mol. The number of nitrogens with zero attached hydrogens (tertiary/aromatic N) is 1. The molecule has 0 saturated carbocycles. The third-order valence-corrected chi connectivity index (χ3v) is 4.57. The van der Waals surface area contributed by atoms with E-state index in [9.17, 15) is 9.59 Å². The fourth-order valence-electron chi connectivity index (χ4n) is 3.13. The molecule has 0 spiro atoms. The number of fused-ring (bicyclic) bond motifs is 1. The van der Waals surface area contributed by atoms with Gasteiger partial charge in [-0.2, -0.15) is 0 Å². The van der Waals surface area contributed by atoms with E-state index in [1.807, 2.05) is 24.0 Å². The van der Waals surface area contributed by atoms with Crippen LogP contribution in [0.4, 0.5) is 5.69 Å². The summed E-state index contributed by atoms with van der Waals surface area (Å²) in [4.78, 5) is 25.6. The molecule has 0 aromatic heterocycles. The normalized spacial score (nSPS) is 19.5. The van der Waals surface area contributed by atoms with Crippen molar-refractivity contribution < 1.29 is 19.1 Å². The number of carbonyl (C=O) groups is 2. The SMILES string of the molecule is CCN(C[C@@H]1CCOC1)C(=O)COc1ccc2c(c1)CCC(=O)N2. The van der Waals surface area contributed by atoms with Gasteiger partial charge in [-0.3, -0.25) is 9.59 Å². The summed E-state index contributed by atoms with van der Waals surface area (Å²) in [7, 11) is 0. The summed E-state index contributed by atoms with van der Waals surface area (Å²) in [5.41, 5.74) is 1.89. The third kappa shape index (κ3) is 4.06. The lowest BCUT2D eigenvalue weighted by Crippen LogP contribution is -2.38. The Morgan fingerprint density at radius 1 is 1.42 bits per heavy atom. The van der Waals surface area contributed by atoms with Gasteiger partial charge in [-0.15, -0.1) is 0 Å². The van der Waals surface area contributed by atoms with Crippen molar-refractivity contribution in [2.45, 2.75) is 26.2 Å². The van der Waals surface area contributed by atoms with Gasteiger partial charge in [0.05, 0.1) is 6.61 Å². The summed E-state index contributed by atoms with van der Waals surface area (Å²) in [5, 5.41) is 2.84. The highest BCUT2D eigenvalue weighted by atomic mass is 16.5. The quantitative estimate of drug-likeness (QED) is 0.863. The van der Waals surface area contributed by atoms with E-state index in [1.54, 1.807) is 6.07 Å². The van der Waals surface area contributed by atoms with Crippen LogP contribution in [0.25, 0.3) is 0 Å². The first-order valence-electron chi connectivity index (χ1n) is 8.57. The van der Waals surface area contributed by atoms with E-state index < -0.39 is 0 Å². The highest BCUT2D eigenvalue weighted by Crippen LogP contribution is 2.26. The fourth-order valence-corrected chi connectivity index (χ4v) is 3.13. The molecule has 0 aliphatic carbocycles. The molecule has 0 radical (unpaired) electrons. The number of likely N-dealkylation sites (N-methyl/N-ethyl adjacent to an activating group) is 1. The molecular formula is C18H24N2O4. The summed E-state index contributed by atoms with van der Waals surface area (Å²) in [6.45, 7) is 4.95. The van der Waals surface area contributed by atoms with E-state index in [1.165, 1.54) is 0 Å². The lowest BCUT2D eigenvalue weighted by Gasteiger charge is -2.24. The van der Waals surface area contributed by atoms with Crippen molar-refractivity contribution in [2.24, 2.45) is 5.92 Å². The van der Waals surface area contributed by atoms with Gasteiger partial charge in [-0.05, 0) is 43.5 Å². The second kappa shape index (κ2) is 7.66. The van der Waals surface area contributed by atoms with E-state index >= 15 is 0 Å². The smallest absolute Gasteiger partial charge is 0.260 e. The van der Waals surface area contributed by atoms with Gasteiger partial charge in [0, 0.05) is 37.7 Å². The fraction of sp³-hybridized carbons (Fsp3) is 0.556. The minimum atomic E-state index is -0.00424. The molecule has 1 aromatic carbocycles. The second-order valence-electron chi connectivity index (χ2n) is 6.32. The number of aryl methyl sites for hydroxylation is 1. The predicted octanol–water partition coefficient (Wildman–Crippen LogP) is 1.84. The number of hydrogen-bond donors (Lipinski definition) is 1. The summed E-state index contributed by atoms with van der Waals surface area (Å²) < 4.78 is 11.0. The zero-order chi connectivity index (χ0) is 16.9. The van der Waals surface area contributed by atoms with Crippen molar-refractivity contribution >= 4 is 17.5 Å². The first kappa shape index (κ1) is 16.8. The second-order valence-corrected chi connectivity index (χ2v) is 6.32. The molecule has 2 amide bonds. The first-order chi connectivity index (χ1) is 11.7. The standard InChI is InChI=1S/C18H24N2O4/c1-2-20(10-13-7-8-23-11-13)18(22)12-24-15-4-5-16-14(9-15)3-6-17(21)19-16/h4-5,9,13H,2-3,6-8,10-12H2,1H3,(H,19,21)/t13-/m0/s1. The molecular weight excluding hydrogens is 308 g/mol. The minimum absolute atomic E-state index is 0.00424. The van der Waals surface area contributed by atoms with Crippen LogP contribution in [-0.2, 0) is 20.7 Å². The van der Waals surface area contributed by atoms with Crippen LogP contribution >= 0.6 is 0 Å². The molecule has 3 rings (SSSR count). The van der Waals surface area contributed by atoms with Gasteiger partial charge in [-0.1, -0.05) is 0 Å². The lowest BCUT2D eigenvalue weighted by molar-refractivity contribution is -0.133. The summed E-state index contributed by atoms with van der Waals surface area (Å²) in [6.07, 6.45) is 2.21. The van der Waals surface area contributed by atoms with Crippen molar-refractivity contribution in [1.29, 1.82) is 0 Å². The molecule has 1 fully saturated rings. The van der Waals surface area contributed by atoms with Gasteiger partial charge in [0.1, 0.15) is 5.75 Å². The molecule has 130 valence electrons. The molecule has 2 aliphatic rings. The molecule has 24 heavy (non-hydrogen) atoms. The number of hydrogen-bond acceptors (Lipinski definition) is 4. The van der Waals surface area contributed by atoms with E-state index in [2.05, 4.69) is 5.32 Å². The molecule has 0 unspecified atom stereocenters. The van der Waals surface area contributed by atoms with Gasteiger partial charge < -0.3 is 19.7 Å². The summed E-state index contributed by atoms with van der Waals surface area (Å²) in [5.74, 6) is 1.14. The van der Waals surface area contributed by atoms with Crippen molar-refractivity contribution in [1.82, 2.24) is 4.90 Å². The van der Waals surface area contributed by atoms with Gasteiger partial charge in [0.2, 0.25) is 5.91 Å². The Bertz CT molecular complexity index is 611. The summed E-state index contributed by atoms with van der Waals surface area (Å²) >= 11 is 0. The molecule has 2 aliphatic heterocycles. The van der Waals surface area contributed by atoms with E-state index in [4.69, 9.17) is 9.47 Å². The van der Waals surface area contributed by atoms with Crippen molar-refractivity contribution in [3.63, 3.8) is 0 Å². The molecule has 1 atom stereocenters. The zero-order valence-electron chi connectivity index (χ0n) is 14.0. The Hall–Kier alpha value is -2.08. The van der Waals surface area contributed by atoms with Crippen molar-refractivity contribution in [2.75, 3.05) is 38.2 Å². The molecule has 1 N–H and O–H groups in total. The maximum Gasteiger partial charge on any atom is 0.260 e. The number of rotatable bonds is 6. The Morgan fingerprint density at radius 3 is 3.04 bits per heavy atom. The van der Waals surface area contributed by atoms with Crippen molar-refractivity contribution in [3.05, 3.63) is 23.8 Å². The number of amides is 2.